The fourth-order valence-electron chi connectivity index (χ4n) is 2.16. The highest BCUT2D eigenvalue weighted by Crippen LogP contribution is 2.20. The summed E-state index contributed by atoms with van der Waals surface area (Å²) in [5, 5.41) is 13.4. The molecule has 0 aliphatic carbocycles. The van der Waals surface area contributed by atoms with Gasteiger partial charge in [-0.25, -0.2) is 0 Å². The molecule has 0 unspecified atom stereocenters. The van der Waals surface area contributed by atoms with Crippen LogP contribution < -0.4 is 5.32 Å². The SMILES string of the molecule is Cc1cc(C(=O)N2CCCNC(=O)C2)ccc1[N+](=O)[O-]. The van der Waals surface area contributed by atoms with E-state index in [0.717, 1.165) is 0 Å². The smallest absolute Gasteiger partial charge is 0.272 e. The summed E-state index contributed by atoms with van der Waals surface area (Å²) in [6, 6.07) is 4.24. The lowest BCUT2D eigenvalue weighted by Crippen LogP contribution is -2.37. The van der Waals surface area contributed by atoms with Gasteiger partial charge in [-0.05, 0) is 25.5 Å². The molecular formula is C13H15N3O4. The number of carbonyl (C=O) groups is 2. The van der Waals surface area contributed by atoms with Crippen molar-refractivity contribution < 1.29 is 14.5 Å². The Balaban J connectivity index is 2.22. The zero-order chi connectivity index (χ0) is 14.7. The Kier molecular flexibility index (Phi) is 3.97. The molecule has 7 nitrogen and oxygen atoms in total. The summed E-state index contributed by atoms with van der Waals surface area (Å²) in [5.74, 6) is -0.463. The van der Waals surface area contributed by atoms with Crippen LogP contribution in [0.1, 0.15) is 22.3 Å². The summed E-state index contributed by atoms with van der Waals surface area (Å²) in [5.41, 5.74) is 0.776. The predicted octanol–water partition coefficient (Wildman–Crippen LogP) is 0.865. The number of rotatable bonds is 2. The molecule has 1 N–H and O–H groups in total. The van der Waals surface area contributed by atoms with Gasteiger partial charge in [0.25, 0.3) is 11.6 Å². The number of nitro groups is 1. The van der Waals surface area contributed by atoms with E-state index in [-0.39, 0.29) is 24.0 Å². The summed E-state index contributed by atoms with van der Waals surface area (Å²) in [6.07, 6.45) is 0.698. The van der Waals surface area contributed by atoms with Crippen LogP contribution in [0.5, 0.6) is 0 Å². The van der Waals surface area contributed by atoms with Gasteiger partial charge < -0.3 is 10.2 Å². The predicted molar refractivity (Wildman–Crippen MR) is 71.4 cm³/mol. The number of nitrogens with zero attached hydrogens (tertiary/aromatic N) is 2. The van der Waals surface area contributed by atoms with Crippen molar-refractivity contribution in [3.05, 3.63) is 39.4 Å². The molecule has 0 atom stereocenters. The quantitative estimate of drug-likeness (QED) is 0.641. The molecule has 2 rings (SSSR count). The van der Waals surface area contributed by atoms with Gasteiger partial charge in [0.05, 0.1) is 11.5 Å². The average Bonchev–Trinajstić information content (AvgIpc) is 2.62. The maximum Gasteiger partial charge on any atom is 0.272 e. The molecule has 0 bridgehead atoms. The molecule has 1 aromatic rings. The molecule has 0 radical (unpaired) electrons. The summed E-state index contributed by atoms with van der Waals surface area (Å²) >= 11 is 0. The average molecular weight is 277 g/mol. The summed E-state index contributed by atoms with van der Waals surface area (Å²) < 4.78 is 0. The van der Waals surface area contributed by atoms with Crippen LogP contribution in [0, 0.1) is 17.0 Å². The number of amides is 2. The van der Waals surface area contributed by atoms with Crippen LogP contribution in [-0.4, -0.2) is 41.3 Å². The summed E-state index contributed by atoms with van der Waals surface area (Å²) in [6.45, 7) is 2.66. The van der Waals surface area contributed by atoms with E-state index in [4.69, 9.17) is 0 Å². The topological polar surface area (TPSA) is 92.6 Å². The van der Waals surface area contributed by atoms with Gasteiger partial charge in [-0.2, -0.15) is 0 Å². The van der Waals surface area contributed by atoms with E-state index in [2.05, 4.69) is 5.32 Å². The molecule has 1 saturated heterocycles. The van der Waals surface area contributed by atoms with Crippen molar-refractivity contribution in [1.29, 1.82) is 0 Å². The van der Waals surface area contributed by atoms with Crippen molar-refractivity contribution in [2.45, 2.75) is 13.3 Å². The second-order valence-corrected chi connectivity index (χ2v) is 4.69. The number of hydrogen-bond acceptors (Lipinski definition) is 4. The minimum Gasteiger partial charge on any atom is -0.354 e. The van der Waals surface area contributed by atoms with Crippen molar-refractivity contribution in [1.82, 2.24) is 10.2 Å². The van der Waals surface area contributed by atoms with E-state index < -0.39 is 4.92 Å². The van der Waals surface area contributed by atoms with E-state index in [9.17, 15) is 19.7 Å². The number of aryl methyl sites for hydroxylation is 1. The van der Waals surface area contributed by atoms with Crippen molar-refractivity contribution in [2.75, 3.05) is 19.6 Å². The fourth-order valence-corrected chi connectivity index (χ4v) is 2.16. The minimum atomic E-state index is -0.483. The third-order valence-corrected chi connectivity index (χ3v) is 3.19. The van der Waals surface area contributed by atoms with E-state index in [0.29, 0.717) is 30.6 Å². The zero-order valence-electron chi connectivity index (χ0n) is 11.1. The highest BCUT2D eigenvalue weighted by molar-refractivity contribution is 5.97. The van der Waals surface area contributed by atoms with Gasteiger partial charge in [-0.15, -0.1) is 0 Å². The monoisotopic (exact) mass is 277 g/mol. The van der Waals surface area contributed by atoms with Gasteiger partial charge in [-0.1, -0.05) is 0 Å². The van der Waals surface area contributed by atoms with E-state index in [1.807, 2.05) is 0 Å². The summed E-state index contributed by atoms with van der Waals surface area (Å²) in [4.78, 5) is 35.5. The van der Waals surface area contributed by atoms with Gasteiger partial charge in [0.2, 0.25) is 5.91 Å². The molecule has 0 aromatic heterocycles. The van der Waals surface area contributed by atoms with Crippen LogP contribution in [0.3, 0.4) is 0 Å². The van der Waals surface area contributed by atoms with Crippen molar-refractivity contribution >= 4 is 17.5 Å². The number of carbonyl (C=O) groups excluding carboxylic acids is 2. The Labute approximate surface area is 115 Å². The summed E-state index contributed by atoms with van der Waals surface area (Å²) in [7, 11) is 0. The Hall–Kier alpha value is -2.44. The van der Waals surface area contributed by atoms with Crippen LogP contribution in [-0.2, 0) is 4.79 Å². The van der Waals surface area contributed by atoms with E-state index in [1.165, 1.54) is 23.1 Å². The molecule has 7 heteroatoms. The largest absolute Gasteiger partial charge is 0.354 e. The molecule has 0 spiro atoms. The number of nitrogens with one attached hydrogen (secondary N) is 1. The molecule has 1 aromatic carbocycles. The number of benzene rings is 1. The molecule has 20 heavy (non-hydrogen) atoms. The van der Waals surface area contributed by atoms with Crippen LogP contribution >= 0.6 is 0 Å². The first-order valence-electron chi connectivity index (χ1n) is 6.30. The molecule has 0 saturated carbocycles. The van der Waals surface area contributed by atoms with Gasteiger partial charge in [0.1, 0.15) is 0 Å². The first-order valence-corrected chi connectivity index (χ1v) is 6.30. The third kappa shape index (κ3) is 2.93. The fraction of sp³-hybridized carbons (Fsp3) is 0.385. The van der Waals surface area contributed by atoms with Gasteiger partial charge in [0, 0.05) is 30.3 Å². The lowest BCUT2D eigenvalue weighted by atomic mass is 10.1. The Bertz CT molecular complexity index is 571. The molecule has 1 heterocycles. The molecule has 106 valence electrons. The van der Waals surface area contributed by atoms with Gasteiger partial charge in [-0.3, -0.25) is 19.7 Å². The second kappa shape index (κ2) is 5.68. The third-order valence-electron chi connectivity index (χ3n) is 3.19. The molecule has 1 aliphatic heterocycles. The molecule has 2 amide bonds. The van der Waals surface area contributed by atoms with Gasteiger partial charge >= 0.3 is 0 Å². The molecule has 1 fully saturated rings. The first kappa shape index (κ1) is 14.0. The Morgan fingerprint density at radius 1 is 1.45 bits per heavy atom. The van der Waals surface area contributed by atoms with E-state index >= 15 is 0 Å². The highest BCUT2D eigenvalue weighted by Gasteiger charge is 2.22. The highest BCUT2D eigenvalue weighted by atomic mass is 16.6. The minimum absolute atomic E-state index is 0.0184. The van der Waals surface area contributed by atoms with Crippen molar-refractivity contribution in [3.63, 3.8) is 0 Å². The zero-order valence-corrected chi connectivity index (χ0v) is 11.1. The second-order valence-electron chi connectivity index (χ2n) is 4.69. The van der Waals surface area contributed by atoms with Crippen LogP contribution in [0.25, 0.3) is 0 Å². The Morgan fingerprint density at radius 2 is 2.20 bits per heavy atom. The standard InChI is InChI=1S/C13H15N3O4/c1-9-7-10(3-4-11(9)16(19)20)13(18)15-6-2-5-14-12(17)8-15/h3-4,7H,2,5-6,8H2,1H3,(H,14,17). The van der Waals surface area contributed by atoms with Crippen LogP contribution in [0.4, 0.5) is 5.69 Å². The van der Waals surface area contributed by atoms with Gasteiger partial charge in [0.15, 0.2) is 0 Å². The molecule has 1 aliphatic rings. The molecular weight excluding hydrogens is 262 g/mol. The maximum absolute atomic E-state index is 12.3. The van der Waals surface area contributed by atoms with E-state index in [1.54, 1.807) is 6.92 Å². The number of nitro benzene ring substituents is 1. The number of hydrogen-bond donors (Lipinski definition) is 1. The lowest BCUT2D eigenvalue weighted by molar-refractivity contribution is -0.385. The normalized spacial score (nSPS) is 15.4. The van der Waals surface area contributed by atoms with Crippen molar-refractivity contribution in [3.8, 4) is 0 Å². The lowest BCUT2D eigenvalue weighted by Gasteiger charge is -2.19. The van der Waals surface area contributed by atoms with Crippen LogP contribution in [0.15, 0.2) is 18.2 Å². The van der Waals surface area contributed by atoms with Crippen LogP contribution in [0.2, 0.25) is 0 Å². The maximum atomic E-state index is 12.3. The first-order chi connectivity index (χ1) is 9.49. The Morgan fingerprint density at radius 3 is 2.85 bits per heavy atom. The van der Waals surface area contributed by atoms with Crippen molar-refractivity contribution in [2.24, 2.45) is 0 Å².